The smallest absolute Gasteiger partial charge is 0.0625 e. The number of nitrogens with zero attached hydrogens (tertiary/aromatic N) is 2. The van der Waals surface area contributed by atoms with Gasteiger partial charge in [-0.3, -0.25) is 4.68 Å². The van der Waals surface area contributed by atoms with Gasteiger partial charge in [0, 0.05) is 7.05 Å². The summed E-state index contributed by atoms with van der Waals surface area (Å²) in [5.41, 5.74) is 5.16. The maximum Gasteiger partial charge on any atom is 0.0625 e. The molecule has 0 aliphatic rings. The number of likely N-dealkylation sites (N-methyl/N-ethyl adjacent to an activating group) is 1. The summed E-state index contributed by atoms with van der Waals surface area (Å²) in [6.45, 7) is 4.33. The van der Waals surface area contributed by atoms with Gasteiger partial charge in [0.1, 0.15) is 0 Å². The van der Waals surface area contributed by atoms with E-state index in [0.717, 1.165) is 25.0 Å². The lowest BCUT2D eigenvalue weighted by Gasteiger charge is -2.16. The van der Waals surface area contributed by atoms with Crippen LogP contribution in [0.25, 0.3) is 0 Å². The third-order valence-electron chi connectivity index (χ3n) is 3.91. The molecular weight excluding hydrogens is 246 g/mol. The van der Waals surface area contributed by atoms with Gasteiger partial charge < -0.3 is 5.32 Å². The van der Waals surface area contributed by atoms with Crippen LogP contribution in [-0.4, -0.2) is 16.8 Å². The van der Waals surface area contributed by atoms with Crippen LogP contribution in [0.1, 0.15) is 42.4 Å². The Hall–Kier alpha value is -1.61. The Bertz CT molecular complexity index is 540. The molecule has 20 heavy (non-hydrogen) atoms. The highest BCUT2D eigenvalue weighted by Gasteiger charge is 2.15. The number of aryl methyl sites for hydroxylation is 3. The fraction of sp³-hybridized carbons (Fsp3) is 0.471. The molecule has 0 aliphatic heterocycles. The fourth-order valence-electron chi connectivity index (χ4n) is 2.54. The van der Waals surface area contributed by atoms with Gasteiger partial charge in [-0.1, -0.05) is 38.1 Å². The van der Waals surface area contributed by atoms with Crippen molar-refractivity contribution in [3.8, 4) is 0 Å². The van der Waals surface area contributed by atoms with Crippen LogP contribution in [-0.2, 0) is 26.3 Å². The summed E-state index contributed by atoms with van der Waals surface area (Å²) < 4.78 is 2.00. The Morgan fingerprint density at radius 2 is 1.75 bits per heavy atom. The van der Waals surface area contributed by atoms with Crippen molar-refractivity contribution in [3.05, 3.63) is 52.8 Å². The highest BCUT2D eigenvalue weighted by atomic mass is 15.3. The van der Waals surface area contributed by atoms with Crippen molar-refractivity contribution in [1.29, 1.82) is 0 Å². The lowest BCUT2D eigenvalue weighted by atomic mass is 10.0. The van der Waals surface area contributed by atoms with Crippen LogP contribution in [0.4, 0.5) is 0 Å². The molecule has 1 atom stereocenters. The summed E-state index contributed by atoms with van der Waals surface area (Å²) in [5.74, 6) is 0. The van der Waals surface area contributed by atoms with E-state index in [-0.39, 0.29) is 0 Å². The number of benzene rings is 1. The van der Waals surface area contributed by atoms with Gasteiger partial charge in [-0.25, -0.2) is 0 Å². The average molecular weight is 271 g/mol. The molecule has 0 radical (unpaired) electrons. The van der Waals surface area contributed by atoms with E-state index in [0.29, 0.717) is 6.04 Å². The minimum atomic E-state index is 0.306. The van der Waals surface area contributed by atoms with Crippen LogP contribution >= 0.6 is 0 Å². The van der Waals surface area contributed by atoms with Gasteiger partial charge in [0.25, 0.3) is 0 Å². The molecule has 1 heterocycles. The van der Waals surface area contributed by atoms with E-state index in [1.165, 1.54) is 16.8 Å². The molecule has 0 amide bonds. The summed E-state index contributed by atoms with van der Waals surface area (Å²) in [5, 5.41) is 7.96. The monoisotopic (exact) mass is 271 g/mol. The molecule has 0 bridgehead atoms. The van der Waals surface area contributed by atoms with Crippen LogP contribution in [0.2, 0.25) is 0 Å². The summed E-state index contributed by atoms with van der Waals surface area (Å²) >= 11 is 0. The Kier molecular flexibility index (Phi) is 4.96. The zero-order valence-electron chi connectivity index (χ0n) is 13.0. The molecule has 0 saturated heterocycles. The molecule has 3 nitrogen and oxygen atoms in total. The van der Waals surface area contributed by atoms with Crippen molar-refractivity contribution in [2.24, 2.45) is 7.05 Å². The Morgan fingerprint density at radius 3 is 2.25 bits per heavy atom. The zero-order valence-corrected chi connectivity index (χ0v) is 13.0. The van der Waals surface area contributed by atoms with Gasteiger partial charge in [0.05, 0.1) is 17.4 Å². The zero-order chi connectivity index (χ0) is 14.5. The first-order valence-corrected chi connectivity index (χ1v) is 7.45. The quantitative estimate of drug-likeness (QED) is 0.875. The minimum absolute atomic E-state index is 0.306. The Morgan fingerprint density at radius 1 is 1.10 bits per heavy atom. The number of rotatable bonds is 6. The van der Waals surface area contributed by atoms with E-state index in [2.05, 4.69) is 54.6 Å². The van der Waals surface area contributed by atoms with Gasteiger partial charge in [-0.2, -0.15) is 5.10 Å². The van der Waals surface area contributed by atoms with Crippen molar-refractivity contribution in [3.63, 3.8) is 0 Å². The third-order valence-corrected chi connectivity index (χ3v) is 3.91. The minimum Gasteiger partial charge on any atom is -0.311 e. The maximum absolute atomic E-state index is 4.54. The highest BCUT2D eigenvalue weighted by Crippen LogP contribution is 2.19. The molecule has 2 rings (SSSR count). The van der Waals surface area contributed by atoms with Crippen LogP contribution in [0.15, 0.2) is 30.3 Å². The summed E-state index contributed by atoms with van der Waals surface area (Å²) in [7, 11) is 4.04. The fourth-order valence-corrected chi connectivity index (χ4v) is 2.54. The molecule has 3 heteroatoms. The summed E-state index contributed by atoms with van der Waals surface area (Å²) in [4.78, 5) is 0. The first-order valence-electron chi connectivity index (χ1n) is 7.45. The molecule has 0 aliphatic carbocycles. The predicted octanol–water partition coefficient (Wildman–Crippen LogP) is 3.05. The highest BCUT2D eigenvalue weighted by molar-refractivity contribution is 5.25. The van der Waals surface area contributed by atoms with E-state index in [1.54, 1.807) is 0 Å². The second kappa shape index (κ2) is 6.71. The van der Waals surface area contributed by atoms with E-state index in [9.17, 15) is 0 Å². The number of nitrogens with one attached hydrogen (secondary N) is 1. The SMILES string of the molecule is CCc1ccc(CC(NC)c2cc(CC)nn2C)cc1. The normalized spacial score (nSPS) is 12.6. The van der Waals surface area contributed by atoms with Crippen LogP contribution in [0.3, 0.4) is 0 Å². The van der Waals surface area contributed by atoms with Crippen LogP contribution in [0.5, 0.6) is 0 Å². The van der Waals surface area contributed by atoms with E-state index in [1.807, 2.05) is 18.8 Å². The van der Waals surface area contributed by atoms with E-state index >= 15 is 0 Å². The molecule has 1 unspecified atom stereocenters. The molecule has 2 aromatic rings. The Labute approximate surface area is 122 Å². The van der Waals surface area contributed by atoms with Crippen LogP contribution in [0, 0.1) is 0 Å². The molecule has 0 spiro atoms. The maximum atomic E-state index is 4.54. The number of hydrogen-bond acceptors (Lipinski definition) is 2. The first-order chi connectivity index (χ1) is 9.67. The largest absolute Gasteiger partial charge is 0.311 e. The molecule has 0 fully saturated rings. The Balaban J connectivity index is 2.16. The lowest BCUT2D eigenvalue weighted by molar-refractivity contribution is 0.536. The molecular formula is C17H25N3. The van der Waals surface area contributed by atoms with E-state index in [4.69, 9.17) is 0 Å². The van der Waals surface area contributed by atoms with Gasteiger partial charge >= 0.3 is 0 Å². The van der Waals surface area contributed by atoms with Crippen molar-refractivity contribution in [2.75, 3.05) is 7.05 Å². The molecule has 0 saturated carbocycles. The second-order valence-electron chi connectivity index (χ2n) is 5.25. The van der Waals surface area contributed by atoms with Gasteiger partial charge in [-0.15, -0.1) is 0 Å². The molecule has 1 N–H and O–H groups in total. The molecule has 1 aromatic heterocycles. The van der Waals surface area contributed by atoms with Gasteiger partial charge in [0.2, 0.25) is 0 Å². The summed E-state index contributed by atoms with van der Waals surface area (Å²) in [6, 6.07) is 11.4. The molecule has 108 valence electrons. The van der Waals surface area contributed by atoms with Crippen LogP contribution < -0.4 is 5.32 Å². The molecule has 1 aromatic carbocycles. The van der Waals surface area contributed by atoms with Crippen molar-refractivity contribution < 1.29 is 0 Å². The van der Waals surface area contributed by atoms with Crippen molar-refractivity contribution in [1.82, 2.24) is 15.1 Å². The third kappa shape index (κ3) is 3.28. The van der Waals surface area contributed by atoms with Gasteiger partial charge in [-0.05, 0) is 43.5 Å². The van der Waals surface area contributed by atoms with Crippen molar-refractivity contribution >= 4 is 0 Å². The topological polar surface area (TPSA) is 29.9 Å². The first kappa shape index (κ1) is 14.8. The number of hydrogen-bond donors (Lipinski definition) is 1. The predicted molar refractivity (Wildman–Crippen MR) is 83.9 cm³/mol. The number of aromatic nitrogens is 2. The second-order valence-corrected chi connectivity index (χ2v) is 5.25. The van der Waals surface area contributed by atoms with Gasteiger partial charge in [0.15, 0.2) is 0 Å². The summed E-state index contributed by atoms with van der Waals surface area (Å²) in [6.07, 6.45) is 3.07. The standard InChI is InChI=1S/C17H25N3/c1-5-13-7-9-14(10-8-13)11-16(18-3)17-12-15(6-2)19-20(17)4/h7-10,12,16,18H,5-6,11H2,1-4H3. The van der Waals surface area contributed by atoms with Crippen molar-refractivity contribution in [2.45, 2.75) is 39.2 Å². The lowest BCUT2D eigenvalue weighted by Crippen LogP contribution is -2.21. The van der Waals surface area contributed by atoms with E-state index < -0.39 is 0 Å². The average Bonchev–Trinajstić information content (AvgIpc) is 2.86.